The molecule has 0 aliphatic carbocycles. The maximum atomic E-state index is 10.6. The molecule has 2 aromatic rings. The Morgan fingerprint density at radius 1 is 1.25 bits per heavy atom. The van der Waals surface area contributed by atoms with Crippen LogP contribution < -0.4 is 5.32 Å². The van der Waals surface area contributed by atoms with E-state index in [-0.39, 0.29) is 11.4 Å². The van der Waals surface area contributed by atoms with E-state index in [0.29, 0.717) is 12.4 Å². The van der Waals surface area contributed by atoms with Gasteiger partial charge < -0.3 is 10.4 Å². The third-order valence-electron chi connectivity index (χ3n) is 2.48. The second-order valence-corrected chi connectivity index (χ2v) is 3.87. The van der Waals surface area contributed by atoms with Gasteiger partial charge in [0.05, 0.1) is 4.92 Å². The van der Waals surface area contributed by atoms with Gasteiger partial charge in [0, 0.05) is 18.8 Å². The number of anilines is 1. The Morgan fingerprint density at radius 3 is 2.55 bits per heavy atom. The van der Waals surface area contributed by atoms with E-state index in [2.05, 4.69) is 15.3 Å². The number of nitrogens with one attached hydrogen (secondary N) is 1. The van der Waals surface area contributed by atoms with Crippen molar-refractivity contribution in [2.45, 2.75) is 6.54 Å². The van der Waals surface area contributed by atoms with Crippen molar-refractivity contribution < 1.29 is 14.8 Å². The Labute approximate surface area is 113 Å². The number of hydrogen-bond donors (Lipinski definition) is 2. The number of aromatic nitrogens is 2. The molecule has 8 nitrogen and oxygen atoms in total. The van der Waals surface area contributed by atoms with Gasteiger partial charge in [0.25, 0.3) is 5.69 Å². The predicted molar refractivity (Wildman–Crippen MR) is 69.4 cm³/mol. The van der Waals surface area contributed by atoms with Crippen LogP contribution in [0.1, 0.15) is 16.1 Å². The van der Waals surface area contributed by atoms with Crippen LogP contribution in [0, 0.1) is 10.1 Å². The van der Waals surface area contributed by atoms with Gasteiger partial charge in [-0.2, -0.15) is 0 Å². The van der Waals surface area contributed by atoms with E-state index in [1.54, 1.807) is 6.07 Å². The zero-order chi connectivity index (χ0) is 14.5. The molecule has 0 unspecified atom stereocenters. The normalized spacial score (nSPS) is 10.0. The Bertz CT molecular complexity index is 567. The van der Waals surface area contributed by atoms with Crippen molar-refractivity contribution in [1.29, 1.82) is 0 Å². The molecule has 2 rings (SSSR count). The topological polar surface area (TPSA) is 118 Å². The number of carboxylic acids is 1. The van der Waals surface area contributed by atoms with Gasteiger partial charge in [0.2, 0.25) is 0 Å². The average Bonchev–Trinajstić information content (AvgIpc) is 2.46. The molecule has 0 amide bonds. The molecule has 2 aromatic heterocycles. The van der Waals surface area contributed by atoms with Gasteiger partial charge in [0.1, 0.15) is 17.7 Å². The lowest BCUT2D eigenvalue weighted by molar-refractivity contribution is -0.385. The number of nitrogens with zero attached hydrogens (tertiary/aromatic N) is 3. The molecular formula is C12H10N4O4. The molecule has 2 heterocycles. The van der Waals surface area contributed by atoms with E-state index in [1.807, 2.05) is 0 Å². The molecular weight excluding hydrogens is 264 g/mol. The molecule has 0 saturated carbocycles. The first-order valence-electron chi connectivity index (χ1n) is 5.59. The molecule has 8 heteroatoms. The summed E-state index contributed by atoms with van der Waals surface area (Å²) in [6, 6.07) is 5.88. The lowest BCUT2D eigenvalue weighted by Gasteiger charge is -2.05. The molecule has 2 N–H and O–H groups in total. The van der Waals surface area contributed by atoms with Crippen LogP contribution in [0.5, 0.6) is 0 Å². The summed E-state index contributed by atoms with van der Waals surface area (Å²) >= 11 is 0. The quantitative estimate of drug-likeness (QED) is 0.629. The summed E-state index contributed by atoms with van der Waals surface area (Å²) < 4.78 is 0. The van der Waals surface area contributed by atoms with E-state index in [4.69, 9.17) is 5.11 Å². The largest absolute Gasteiger partial charge is 0.477 e. The molecule has 0 spiro atoms. The molecule has 0 aliphatic rings. The summed E-state index contributed by atoms with van der Waals surface area (Å²) in [4.78, 5) is 28.3. The second-order valence-electron chi connectivity index (χ2n) is 3.87. The minimum Gasteiger partial charge on any atom is -0.477 e. The molecule has 0 bridgehead atoms. The first kappa shape index (κ1) is 13.4. The zero-order valence-electron chi connectivity index (χ0n) is 10.2. The van der Waals surface area contributed by atoms with E-state index in [0.717, 1.165) is 11.8 Å². The molecule has 0 atom stereocenters. The second kappa shape index (κ2) is 5.74. The SMILES string of the molecule is O=C(O)c1ccc(CNc2ccc([N+](=O)[O-])cn2)cn1. The fourth-order valence-electron chi connectivity index (χ4n) is 1.45. The van der Waals surface area contributed by atoms with Gasteiger partial charge in [-0.05, 0) is 17.7 Å². The van der Waals surface area contributed by atoms with Crippen LogP contribution >= 0.6 is 0 Å². The average molecular weight is 274 g/mol. The summed E-state index contributed by atoms with van der Waals surface area (Å²) in [5, 5.41) is 22.1. The minimum atomic E-state index is -1.08. The summed E-state index contributed by atoms with van der Waals surface area (Å²) in [6.07, 6.45) is 2.61. The standard InChI is InChI=1S/C12H10N4O4/c17-12(18)10-3-1-8(5-13-10)6-14-11-4-2-9(7-15-11)16(19)20/h1-5,7H,6H2,(H,14,15)(H,17,18). The molecule has 20 heavy (non-hydrogen) atoms. The first-order valence-corrected chi connectivity index (χ1v) is 5.59. The van der Waals surface area contributed by atoms with Crippen molar-refractivity contribution in [2.24, 2.45) is 0 Å². The van der Waals surface area contributed by atoms with E-state index >= 15 is 0 Å². The highest BCUT2D eigenvalue weighted by atomic mass is 16.6. The van der Waals surface area contributed by atoms with Crippen molar-refractivity contribution in [3.63, 3.8) is 0 Å². The van der Waals surface area contributed by atoms with Gasteiger partial charge in [-0.15, -0.1) is 0 Å². The van der Waals surface area contributed by atoms with Gasteiger partial charge >= 0.3 is 5.97 Å². The lowest BCUT2D eigenvalue weighted by atomic mass is 10.2. The number of hydrogen-bond acceptors (Lipinski definition) is 6. The highest BCUT2D eigenvalue weighted by Gasteiger charge is 2.06. The predicted octanol–water partition coefficient (Wildman–Crippen LogP) is 1.70. The highest BCUT2D eigenvalue weighted by Crippen LogP contribution is 2.12. The fourth-order valence-corrected chi connectivity index (χ4v) is 1.45. The fraction of sp³-hybridized carbons (Fsp3) is 0.0833. The Hall–Kier alpha value is -3.03. The van der Waals surface area contributed by atoms with Crippen LogP contribution in [0.25, 0.3) is 0 Å². The van der Waals surface area contributed by atoms with E-state index < -0.39 is 10.9 Å². The van der Waals surface area contributed by atoms with Crippen LogP contribution in [0.3, 0.4) is 0 Å². The summed E-state index contributed by atoms with van der Waals surface area (Å²) in [5.74, 6) is -0.598. The van der Waals surface area contributed by atoms with Crippen LogP contribution in [0.4, 0.5) is 11.5 Å². The number of carbonyl (C=O) groups is 1. The Balaban J connectivity index is 1.97. The van der Waals surface area contributed by atoms with Gasteiger partial charge in [-0.25, -0.2) is 14.8 Å². The summed E-state index contributed by atoms with van der Waals surface area (Å²) in [5.41, 5.74) is 0.667. The maximum absolute atomic E-state index is 10.6. The highest BCUT2D eigenvalue weighted by molar-refractivity contribution is 5.85. The van der Waals surface area contributed by atoms with Crippen molar-refractivity contribution in [2.75, 3.05) is 5.32 Å². The molecule has 0 aliphatic heterocycles. The maximum Gasteiger partial charge on any atom is 0.354 e. The molecule has 102 valence electrons. The van der Waals surface area contributed by atoms with Gasteiger partial charge in [-0.3, -0.25) is 10.1 Å². The third kappa shape index (κ3) is 3.25. The lowest BCUT2D eigenvalue weighted by Crippen LogP contribution is -2.04. The number of pyridine rings is 2. The van der Waals surface area contributed by atoms with Crippen molar-refractivity contribution in [3.05, 3.63) is 58.0 Å². The molecule has 0 radical (unpaired) electrons. The van der Waals surface area contributed by atoms with Gasteiger partial charge in [0.15, 0.2) is 0 Å². The van der Waals surface area contributed by atoms with E-state index in [1.165, 1.54) is 24.4 Å². The van der Waals surface area contributed by atoms with Crippen molar-refractivity contribution in [3.8, 4) is 0 Å². The van der Waals surface area contributed by atoms with Crippen molar-refractivity contribution in [1.82, 2.24) is 9.97 Å². The van der Waals surface area contributed by atoms with Crippen LogP contribution in [-0.4, -0.2) is 26.0 Å². The minimum absolute atomic E-state index is 0.0257. The molecule has 0 aromatic carbocycles. The Morgan fingerprint density at radius 2 is 2.05 bits per heavy atom. The summed E-state index contributed by atoms with van der Waals surface area (Å²) in [6.45, 7) is 0.387. The molecule has 0 fully saturated rings. The number of nitro groups is 1. The Kier molecular flexibility index (Phi) is 3.85. The molecule has 0 saturated heterocycles. The smallest absolute Gasteiger partial charge is 0.354 e. The first-order chi connectivity index (χ1) is 9.56. The zero-order valence-corrected chi connectivity index (χ0v) is 10.2. The number of rotatable bonds is 5. The number of carboxylic acid groups (broad SMARTS) is 1. The van der Waals surface area contributed by atoms with Crippen LogP contribution in [0.2, 0.25) is 0 Å². The third-order valence-corrected chi connectivity index (χ3v) is 2.48. The van der Waals surface area contributed by atoms with E-state index in [9.17, 15) is 14.9 Å². The monoisotopic (exact) mass is 274 g/mol. The van der Waals surface area contributed by atoms with Crippen molar-refractivity contribution >= 4 is 17.5 Å². The number of aromatic carboxylic acids is 1. The van der Waals surface area contributed by atoms with Crippen LogP contribution in [0.15, 0.2) is 36.7 Å². The van der Waals surface area contributed by atoms with Gasteiger partial charge in [-0.1, -0.05) is 6.07 Å². The van der Waals surface area contributed by atoms with Crippen LogP contribution in [-0.2, 0) is 6.54 Å². The summed E-state index contributed by atoms with van der Waals surface area (Å²) in [7, 11) is 0.